The summed E-state index contributed by atoms with van der Waals surface area (Å²) in [5.41, 5.74) is 5.76. The van der Waals surface area contributed by atoms with Gasteiger partial charge < -0.3 is 4.90 Å². The first-order valence-electron chi connectivity index (χ1n) is 9.57. The van der Waals surface area contributed by atoms with Gasteiger partial charge in [-0.05, 0) is 87.7 Å². The van der Waals surface area contributed by atoms with Gasteiger partial charge in [-0.1, -0.05) is 13.0 Å². The Bertz CT molecular complexity index is 867. The van der Waals surface area contributed by atoms with E-state index in [0.29, 0.717) is 11.4 Å². The van der Waals surface area contributed by atoms with Crippen molar-refractivity contribution in [2.75, 3.05) is 18.0 Å². The number of carbonyl (C=O) groups is 2. The Balaban J connectivity index is 2.04. The number of imide groups is 1. The minimum absolute atomic E-state index is 0.0252. The first kappa shape index (κ1) is 19.7. The van der Waals surface area contributed by atoms with Gasteiger partial charge in [0, 0.05) is 24.3 Å². The number of amides is 2. The summed E-state index contributed by atoms with van der Waals surface area (Å²) in [7, 11) is 0. The summed E-state index contributed by atoms with van der Waals surface area (Å²) in [5.74, 6) is -0.174. The highest BCUT2D eigenvalue weighted by Gasteiger charge is 2.35. The number of nitrogens with zero attached hydrogens (tertiary/aromatic N) is 2. The van der Waals surface area contributed by atoms with E-state index in [4.69, 9.17) is 0 Å². The van der Waals surface area contributed by atoms with Gasteiger partial charge in [-0.15, -0.1) is 0 Å². The fraction of sp³-hybridized carbons (Fsp3) is 0.455. The normalized spacial score (nSPS) is 20.4. The molecule has 3 rings (SSSR count). The fourth-order valence-corrected chi connectivity index (χ4v) is 4.89. The maximum absolute atomic E-state index is 12.6. The molecule has 1 saturated heterocycles. The number of benzene rings is 1. The fourth-order valence-electron chi connectivity index (χ4n) is 4.04. The van der Waals surface area contributed by atoms with Crippen molar-refractivity contribution in [1.29, 1.82) is 0 Å². The summed E-state index contributed by atoms with van der Waals surface area (Å²) < 4.78 is 0. The lowest BCUT2D eigenvalue weighted by molar-refractivity contribution is -0.122. The lowest BCUT2D eigenvalue weighted by Gasteiger charge is -2.43. The van der Waals surface area contributed by atoms with Crippen LogP contribution in [-0.4, -0.2) is 34.7 Å². The summed E-state index contributed by atoms with van der Waals surface area (Å²) in [6.45, 7) is 14.2. The largest absolute Gasteiger partial charge is 0.363 e. The van der Waals surface area contributed by atoms with E-state index in [1.807, 2.05) is 13.0 Å². The van der Waals surface area contributed by atoms with Crippen molar-refractivity contribution >= 4 is 40.2 Å². The minimum Gasteiger partial charge on any atom is -0.363 e. The van der Waals surface area contributed by atoms with Crippen LogP contribution in [0.5, 0.6) is 0 Å². The van der Waals surface area contributed by atoms with Crippen LogP contribution in [0.1, 0.15) is 57.7 Å². The van der Waals surface area contributed by atoms with Crippen LogP contribution in [0.4, 0.5) is 10.5 Å². The van der Waals surface area contributed by atoms with Gasteiger partial charge in [-0.2, -0.15) is 0 Å². The van der Waals surface area contributed by atoms with Gasteiger partial charge in [0.2, 0.25) is 0 Å². The minimum atomic E-state index is -0.174. The Morgan fingerprint density at radius 1 is 1.15 bits per heavy atom. The molecule has 0 spiro atoms. The number of hydrogen-bond donors (Lipinski definition) is 0. The molecular weight excluding hydrogens is 356 g/mol. The number of aryl methyl sites for hydroxylation is 1. The number of hydrogen-bond acceptors (Lipinski definition) is 4. The third-order valence-corrected chi connectivity index (χ3v) is 6.20. The predicted molar refractivity (Wildman–Crippen MR) is 115 cm³/mol. The molecule has 2 amide bonds. The molecule has 2 heterocycles. The molecule has 0 atom stereocenters. The van der Waals surface area contributed by atoms with Crippen LogP contribution in [0.2, 0.25) is 0 Å². The molecule has 27 heavy (non-hydrogen) atoms. The number of rotatable bonds is 4. The molecule has 0 aromatic heterocycles. The predicted octanol–water partition coefficient (Wildman–Crippen LogP) is 5.46. The van der Waals surface area contributed by atoms with Crippen LogP contribution in [-0.2, 0) is 4.79 Å². The van der Waals surface area contributed by atoms with E-state index in [1.54, 1.807) is 0 Å². The molecule has 0 bridgehead atoms. The molecule has 2 aliphatic heterocycles. The van der Waals surface area contributed by atoms with Crippen LogP contribution in [0, 0.1) is 6.92 Å². The molecule has 1 fully saturated rings. The Hall–Kier alpha value is -2.01. The first-order chi connectivity index (χ1) is 12.7. The summed E-state index contributed by atoms with van der Waals surface area (Å²) >= 11 is 1.04. The third-order valence-electron chi connectivity index (χ3n) is 5.29. The highest BCUT2D eigenvalue weighted by Crippen LogP contribution is 2.41. The van der Waals surface area contributed by atoms with E-state index in [2.05, 4.69) is 57.7 Å². The summed E-state index contributed by atoms with van der Waals surface area (Å²) in [4.78, 5) is 28.9. The van der Waals surface area contributed by atoms with E-state index in [9.17, 15) is 9.59 Å². The van der Waals surface area contributed by atoms with E-state index in [1.165, 1.54) is 21.7 Å². The van der Waals surface area contributed by atoms with Gasteiger partial charge in [-0.3, -0.25) is 14.5 Å². The van der Waals surface area contributed by atoms with Crippen LogP contribution in [0.15, 0.2) is 23.1 Å². The molecule has 0 unspecified atom stereocenters. The van der Waals surface area contributed by atoms with Gasteiger partial charge in [0.1, 0.15) is 0 Å². The van der Waals surface area contributed by atoms with Crippen LogP contribution >= 0.6 is 11.8 Å². The van der Waals surface area contributed by atoms with Crippen molar-refractivity contribution in [2.45, 2.75) is 53.5 Å². The van der Waals surface area contributed by atoms with Crippen LogP contribution in [0.3, 0.4) is 0 Å². The van der Waals surface area contributed by atoms with E-state index in [0.717, 1.165) is 35.9 Å². The third kappa shape index (κ3) is 3.45. The highest BCUT2D eigenvalue weighted by atomic mass is 32.2. The standard InChI is InChI=1S/C22H28N2O2S/c1-7-9-23-20(25)19(27-21(23)26)12-16-11-17-15(4)13-22(5,6)24(8-2)18(17)10-14(16)3/h10-13H,7-9H2,1-6H3/b19-12+. The molecule has 2 aliphatic rings. The second-order valence-electron chi connectivity index (χ2n) is 7.78. The van der Waals surface area contributed by atoms with Crippen molar-refractivity contribution in [3.05, 3.63) is 39.8 Å². The van der Waals surface area contributed by atoms with E-state index < -0.39 is 0 Å². The zero-order valence-corrected chi connectivity index (χ0v) is 17.9. The van der Waals surface area contributed by atoms with Crippen molar-refractivity contribution in [2.24, 2.45) is 0 Å². The lowest BCUT2D eigenvalue weighted by atomic mass is 9.87. The summed E-state index contributed by atoms with van der Waals surface area (Å²) in [6.07, 6.45) is 4.95. The maximum atomic E-state index is 12.6. The molecular formula is C22H28N2O2S. The molecule has 1 aromatic carbocycles. The molecule has 0 saturated carbocycles. The van der Waals surface area contributed by atoms with Gasteiger partial charge in [0.25, 0.3) is 11.1 Å². The first-order valence-corrected chi connectivity index (χ1v) is 10.4. The molecule has 0 radical (unpaired) electrons. The lowest BCUT2D eigenvalue weighted by Crippen LogP contribution is -2.44. The Kier molecular flexibility index (Phi) is 5.26. The molecule has 1 aromatic rings. The quantitative estimate of drug-likeness (QED) is 0.646. The number of fused-ring (bicyclic) bond motifs is 1. The van der Waals surface area contributed by atoms with Gasteiger partial charge >= 0.3 is 0 Å². The topological polar surface area (TPSA) is 40.6 Å². The Morgan fingerprint density at radius 3 is 2.48 bits per heavy atom. The molecule has 0 N–H and O–H groups in total. The van der Waals surface area contributed by atoms with Crippen molar-refractivity contribution in [3.8, 4) is 0 Å². The van der Waals surface area contributed by atoms with E-state index in [-0.39, 0.29) is 16.7 Å². The monoisotopic (exact) mass is 384 g/mol. The Morgan fingerprint density at radius 2 is 1.85 bits per heavy atom. The molecule has 144 valence electrons. The molecule has 4 nitrogen and oxygen atoms in total. The van der Waals surface area contributed by atoms with Crippen molar-refractivity contribution in [3.63, 3.8) is 0 Å². The smallest absolute Gasteiger partial charge is 0.293 e. The average molecular weight is 385 g/mol. The maximum Gasteiger partial charge on any atom is 0.293 e. The molecule has 0 aliphatic carbocycles. The Labute approximate surface area is 166 Å². The van der Waals surface area contributed by atoms with Gasteiger partial charge in [-0.25, -0.2) is 0 Å². The zero-order valence-electron chi connectivity index (χ0n) is 17.0. The number of anilines is 1. The van der Waals surface area contributed by atoms with Gasteiger partial charge in [0.05, 0.1) is 10.4 Å². The summed E-state index contributed by atoms with van der Waals surface area (Å²) in [5, 5.41) is -0.168. The number of thioether (sulfide) groups is 1. The second kappa shape index (κ2) is 7.19. The van der Waals surface area contributed by atoms with E-state index >= 15 is 0 Å². The number of likely N-dealkylation sites (N-methyl/N-ethyl adjacent to an activating group) is 1. The molecule has 5 heteroatoms. The van der Waals surface area contributed by atoms with Crippen LogP contribution in [0.25, 0.3) is 11.6 Å². The number of carbonyl (C=O) groups excluding carboxylic acids is 2. The van der Waals surface area contributed by atoms with Gasteiger partial charge in [0.15, 0.2) is 0 Å². The van der Waals surface area contributed by atoms with Crippen LogP contribution < -0.4 is 4.90 Å². The number of allylic oxidation sites excluding steroid dienone is 1. The zero-order chi connectivity index (χ0) is 19.9. The van der Waals surface area contributed by atoms with Crippen molar-refractivity contribution < 1.29 is 9.59 Å². The summed E-state index contributed by atoms with van der Waals surface area (Å²) in [6, 6.07) is 4.36. The van der Waals surface area contributed by atoms with Crippen molar-refractivity contribution in [1.82, 2.24) is 4.90 Å². The second-order valence-corrected chi connectivity index (χ2v) is 8.78. The average Bonchev–Trinajstić information content (AvgIpc) is 2.84. The SMILES string of the molecule is CCCN1C(=O)S/C(=C/c2cc3c(cc2C)N(CC)C(C)(C)C=C3C)C1=O. The highest BCUT2D eigenvalue weighted by molar-refractivity contribution is 8.18.